The average Bonchev–Trinajstić information content (AvgIpc) is 2.82. The van der Waals surface area contributed by atoms with Crippen molar-refractivity contribution >= 4 is 9.84 Å². The van der Waals surface area contributed by atoms with Crippen molar-refractivity contribution in [3.8, 4) is 0 Å². The number of nitrogens with two attached hydrogens (primary N) is 1. The molecule has 0 bridgehead atoms. The highest BCUT2D eigenvalue weighted by Crippen LogP contribution is 2.40. The molecule has 1 aliphatic carbocycles. The van der Waals surface area contributed by atoms with E-state index in [2.05, 4.69) is 9.97 Å². The smallest absolute Gasteiger partial charge is 0.255 e. The average molecular weight is 241 g/mol. The van der Waals surface area contributed by atoms with Crippen molar-refractivity contribution in [1.29, 1.82) is 0 Å². The maximum absolute atomic E-state index is 11.7. The zero-order valence-electron chi connectivity index (χ0n) is 8.49. The lowest BCUT2D eigenvalue weighted by molar-refractivity contribution is 0.597. The first kappa shape index (κ1) is 9.98. The SMILES string of the molecule is NC1(c2nc3c(c(=O)[nH]2)CS(=O)(=O)C3)CC1. The van der Waals surface area contributed by atoms with Gasteiger partial charge in [0.25, 0.3) is 5.56 Å². The van der Waals surface area contributed by atoms with Crippen LogP contribution in [0.15, 0.2) is 4.79 Å². The van der Waals surface area contributed by atoms with E-state index < -0.39 is 15.4 Å². The molecule has 16 heavy (non-hydrogen) atoms. The van der Waals surface area contributed by atoms with Gasteiger partial charge >= 0.3 is 0 Å². The number of hydrogen-bond donors (Lipinski definition) is 2. The van der Waals surface area contributed by atoms with E-state index in [4.69, 9.17) is 5.73 Å². The van der Waals surface area contributed by atoms with Gasteiger partial charge in [-0.3, -0.25) is 4.79 Å². The van der Waals surface area contributed by atoms with Crippen molar-refractivity contribution in [2.24, 2.45) is 5.73 Å². The Morgan fingerprint density at radius 1 is 1.31 bits per heavy atom. The largest absolute Gasteiger partial charge is 0.319 e. The number of sulfone groups is 1. The molecule has 7 heteroatoms. The third-order valence-electron chi connectivity index (χ3n) is 3.08. The van der Waals surface area contributed by atoms with Crippen LogP contribution in [0, 0.1) is 0 Å². The van der Waals surface area contributed by atoms with Gasteiger partial charge < -0.3 is 10.7 Å². The molecule has 0 saturated heterocycles. The molecular weight excluding hydrogens is 230 g/mol. The number of nitrogens with zero attached hydrogens (tertiary/aromatic N) is 1. The van der Waals surface area contributed by atoms with E-state index in [9.17, 15) is 13.2 Å². The number of hydrogen-bond acceptors (Lipinski definition) is 5. The van der Waals surface area contributed by atoms with E-state index in [1.54, 1.807) is 0 Å². The van der Waals surface area contributed by atoms with E-state index in [1.165, 1.54) is 0 Å². The summed E-state index contributed by atoms with van der Waals surface area (Å²) < 4.78 is 22.8. The van der Waals surface area contributed by atoms with E-state index in [-0.39, 0.29) is 22.6 Å². The van der Waals surface area contributed by atoms with Crippen LogP contribution in [0.5, 0.6) is 0 Å². The highest BCUT2D eigenvalue weighted by atomic mass is 32.2. The van der Waals surface area contributed by atoms with Crippen molar-refractivity contribution in [2.45, 2.75) is 29.9 Å². The Morgan fingerprint density at radius 3 is 2.62 bits per heavy atom. The lowest BCUT2D eigenvalue weighted by Gasteiger charge is -2.08. The topological polar surface area (TPSA) is 106 Å². The minimum absolute atomic E-state index is 0.144. The Morgan fingerprint density at radius 2 is 2.00 bits per heavy atom. The van der Waals surface area contributed by atoms with E-state index in [0.717, 1.165) is 12.8 Å². The fourth-order valence-electron chi connectivity index (χ4n) is 1.90. The molecule has 2 aliphatic rings. The Kier molecular flexibility index (Phi) is 1.70. The summed E-state index contributed by atoms with van der Waals surface area (Å²) in [5.74, 6) is 0.0750. The number of H-pyrrole nitrogens is 1. The molecule has 1 aliphatic heterocycles. The first-order chi connectivity index (χ1) is 7.40. The molecule has 1 aromatic heterocycles. The third-order valence-corrected chi connectivity index (χ3v) is 4.52. The minimum Gasteiger partial charge on any atom is -0.319 e. The summed E-state index contributed by atoms with van der Waals surface area (Å²) in [5, 5.41) is 0. The number of aromatic nitrogens is 2. The molecule has 0 radical (unpaired) electrons. The Hall–Kier alpha value is -1.21. The Labute approximate surface area is 91.8 Å². The molecule has 0 unspecified atom stereocenters. The summed E-state index contributed by atoms with van der Waals surface area (Å²) in [4.78, 5) is 18.5. The zero-order valence-corrected chi connectivity index (χ0v) is 9.30. The third kappa shape index (κ3) is 1.39. The van der Waals surface area contributed by atoms with E-state index >= 15 is 0 Å². The Balaban J connectivity index is 2.18. The van der Waals surface area contributed by atoms with Crippen LogP contribution >= 0.6 is 0 Å². The van der Waals surface area contributed by atoms with Crippen LogP contribution in [0.2, 0.25) is 0 Å². The first-order valence-corrected chi connectivity index (χ1v) is 6.84. The van der Waals surface area contributed by atoms with Gasteiger partial charge in [-0.2, -0.15) is 0 Å². The van der Waals surface area contributed by atoms with Gasteiger partial charge in [0.15, 0.2) is 9.84 Å². The summed E-state index contributed by atoms with van der Waals surface area (Å²) in [5.41, 5.74) is 5.65. The molecule has 0 spiro atoms. The fourth-order valence-corrected chi connectivity index (χ4v) is 3.39. The van der Waals surface area contributed by atoms with Crippen LogP contribution in [0.1, 0.15) is 29.9 Å². The van der Waals surface area contributed by atoms with Crippen LogP contribution < -0.4 is 11.3 Å². The van der Waals surface area contributed by atoms with Gasteiger partial charge in [-0.05, 0) is 12.8 Å². The number of rotatable bonds is 1. The predicted molar refractivity (Wildman–Crippen MR) is 56.3 cm³/mol. The Bertz CT molecular complexity index is 628. The highest BCUT2D eigenvalue weighted by molar-refractivity contribution is 7.90. The van der Waals surface area contributed by atoms with Gasteiger partial charge in [0.2, 0.25) is 0 Å². The van der Waals surface area contributed by atoms with Crippen molar-refractivity contribution in [3.05, 3.63) is 27.4 Å². The van der Waals surface area contributed by atoms with Gasteiger partial charge in [0, 0.05) is 0 Å². The maximum atomic E-state index is 11.7. The lowest BCUT2D eigenvalue weighted by Crippen LogP contribution is -2.28. The summed E-state index contributed by atoms with van der Waals surface area (Å²) in [6, 6.07) is 0. The molecular formula is C9H11N3O3S. The first-order valence-electron chi connectivity index (χ1n) is 5.01. The summed E-state index contributed by atoms with van der Waals surface area (Å²) in [6.45, 7) is 0. The molecule has 0 aromatic carbocycles. The normalized spacial score (nSPS) is 24.1. The number of fused-ring (bicyclic) bond motifs is 1. The molecule has 1 fully saturated rings. The second-order valence-corrected chi connectivity index (χ2v) is 6.59. The highest BCUT2D eigenvalue weighted by Gasteiger charge is 2.44. The van der Waals surface area contributed by atoms with E-state index in [0.29, 0.717) is 11.5 Å². The van der Waals surface area contributed by atoms with Gasteiger partial charge in [-0.25, -0.2) is 13.4 Å². The fraction of sp³-hybridized carbons (Fsp3) is 0.556. The zero-order chi connectivity index (χ0) is 11.6. The van der Waals surface area contributed by atoms with Crippen LogP contribution in [-0.4, -0.2) is 18.4 Å². The molecule has 3 rings (SSSR count). The van der Waals surface area contributed by atoms with Crippen molar-refractivity contribution in [3.63, 3.8) is 0 Å². The standard InChI is InChI=1S/C9H11N3O3S/c10-9(1-2-9)8-11-6-4-16(14,15)3-5(6)7(13)12-8/h1-4,10H2,(H,11,12,13). The predicted octanol–water partition coefficient (Wildman–Crippen LogP) is -0.854. The van der Waals surface area contributed by atoms with Gasteiger partial charge in [-0.1, -0.05) is 0 Å². The monoisotopic (exact) mass is 241 g/mol. The molecule has 0 amide bonds. The van der Waals surface area contributed by atoms with Gasteiger partial charge in [-0.15, -0.1) is 0 Å². The van der Waals surface area contributed by atoms with Crippen molar-refractivity contribution < 1.29 is 8.42 Å². The second-order valence-electron chi connectivity index (χ2n) is 4.53. The van der Waals surface area contributed by atoms with Crippen LogP contribution in [-0.2, 0) is 26.9 Å². The molecule has 86 valence electrons. The quantitative estimate of drug-likeness (QED) is 0.666. The number of aromatic amines is 1. The number of nitrogens with one attached hydrogen (secondary N) is 1. The molecule has 3 N–H and O–H groups in total. The second kappa shape index (κ2) is 2.72. The van der Waals surface area contributed by atoms with Crippen molar-refractivity contribution in [1.82, 2.24) is 9.97 Å². The van der Waals surface area contributed by atoms with Crippen molar-refractivity contribution in [2.75, 3.05) is 0 Å². The molecule has 6 nitrogen and oxygen atoms in total. The van der Waals surface area contributed by atoms with Crippen LogP contribution in [0.4, 0.5) is 0 Å². The van der Waals surface area contributed by atoms with Gasteiger partial charge in [0.1, 0.15) is 5.82 Å². The summed E-state index contributed by atoms with van der Waals surface area (Å²) in [6.07, 6.45) is 1.56. The summed E-state index contributed by atoms with van der Waals surface area (Å²) >= 11 is 0. The molecule has 0 atom stereocenters. The van der Waals surface area contributed by atoms with Crippen LogP contribution in [0.3, 0.4) is 0 Å². The maximum Gasteiger partial charge on any atom is 0.255 e. The minimum atomic E-state index is -3.19. The lowest BCUT2D eigenvalue weighted by atomic mass is 10.2. The van der Waals surface area contributed by atoms with E-state index in [1.807, 2.05) is 0 Å². The van der Waals surface area contributed by atoms with Gasteiger partial charge in [0.05, 0.1) is 28.3 Å². The molecule has 2 heterocycles. The summed E-state index contributed by atoms with van der Waals surface area (Å²) in [7, 11) is -3.19. The van der Waals surface area contributed by atoms with Crippen LogP contribution in [0.25, 0.3) is 0 Å². The molecule has 1 aromatic rings. The molecule has 1 saturated carbocycles.